The van der Waals surface area contributed by atoms with Gasteiger partial charge in [-0.25, -0.2) is 4.79 Å². The number of carbonyl (C=O) groups excluding carboxylic acids is 1. The largest absolute Gasteiger partial charge is 0.445 e. The van der Waals surface area contributed by atoms with Crippen LogP contribution in [-0.4, -0.2) is 36.1 Å². The molecule has 0 spiro atoms. The van der Waals surface area contributed by atoms with Crippen molar-refractivity contribution < 1.29 is 19.4 Å². The first-order valence-electron chi connectivity index (χ1n) is 7.81. The van der Waals surface area contributed by atoms with Crippen LogP contribution in [-0.2, 0) is 16.1 Å². The lowest BCUT2D eigenvalue weighted by atomic mass is 9.96. The molecule has 5 nitrogen and oxygen atoms in total. The number of ether oxygens (including phenoxy) is 2. The fraction of sp³-hybridized carbons (Fsp3) is 0.588. The maximum atomic E-state index is 11.9. The van der Waals surface area contributed by atoms with E-state index in [0.29, 0.717) is 25.4 Å². The van der Waals surface area contributed by atoms with E-state index >= 15 is 0 Å². The molecule has 0 radical (unpaired) electrons. The Morgan fingerprint density at radius 1 is 1.41 bits per heavy atom. The molecule has 1 heterocycles. The molecule has 1 unspecified atom stereocenters. The van der Waals surface area contributed by atoms with Crippen molar-refractivity contribution in [2.24, 2.45) is 5.92 Å². The minimum Gasteiger partial charge on any atom is -0.445 e. The summed E-state index contributed by atoms with van der Waals surface area (Å²) in [5.41, 5.74) is 0.935. The van der Waals surface area contributed by atoms with Crippen molar-refractivity contribution >= 4 is 6.09 Å². The second-order valence-electron chi connectivity index (χ2n) is 6.20. The standard InChI is InChI=1S/C17H25NO4/c1-12(2)8-15(16(19)9-14-11-21-14)18-17(20)22-10-13-6-4-3-5-7-13/h3-7,12,14-16,19H,8-11H2,1-2H3,(H,18,20)/t14?,15-,16+/m1/s1. The summed E-state index contributed by atoms with van der Waals surface area (Å²) in [4.78, 5) is 11.9. The highest BCUT2D eigenvalue weighted by molar-refractivity contribution is 5.67. The minimum absolute atomic E-state index is 0.131. The van der Waals surface area contributed by atoms with E-state index < -0.39 is 12.2 Å². The Bertz CT molecular complexity index is 459. The molecule has 1 aromatic rings. The molecule has 0 saturated carbocycles. The van der Waals surface area contributed by atoms with Crippen molar-refractivity contribution in [3.63, 3.8) is 0 Å². The van der Waals surface area contributed by atoms with Gasteiger partial charge in [0.05, 0.1) is 24.9 Å². The Balaban J connectivity index is 1.81. The van der Waals surface area contributed by atoms with E-state index in [-0.39, 0.29) is 18.8 Å². The van der Waals surface area contributed by atoms with Crippen molar-refractivity contribution in [1.29, 1.82) is 0 Å². The number of amides is 1. The van der Waals surface area contributed by atoms with Crippen molar-refractivity contribution in [1.82, 2.24) is 5.32 Å². The molecule has 1 aliphatic rings. The van der Waals surface area contributed by atoms with Gasteiger partial charge in [-0.2, -0.15) is 0 Å². The second-order valence-corrected chi connectivity index (χ2v) is 6.20. The number of aliphatic hydroxyl groups is 1. The van der Waals surface area contributed by atoms with Crippen molar-refractivity contribution in [3.05, 3.63) is 35.9 Å². The van der Waals surface area contributed by atoms with E-state index in [1.165, 1.54) is 0 Å². The molecule has 0 bridgehead atoms. The Kier molecular flexibility index (Phi) is 6.21. The van der Waals surface area contributed by atoms with Gasteiger partial charge in [0, 0.05) is 6.42 Å². The monoisotopic (exact) mass is 307 g/mol. The second kappa shape index (κ2) is 8.15. The Labute approximate surface area is 131 Å². The summed E-state index contributed by atoms with van der Waals surface area (Å²) in [6.07, 6.45) is 0.279. The predicted octanol–water partition coefficient (Wildman–Crippen LogP) is 2.48. The fourth-order valence-corrected chi connectivity index (χ4v) is 2.37. The molecule has 22 heavy (non-hydrogen) atoms. The summed E-state index contributed by atoms with van der Waals surface area (Å²) in [5.74, 6) is 0.370. The lowest BCUT2D eigenvalue weighted by molar-refractivity contribution is 0.0841. The van der Waals surface area contributed by atoms with Gasteiger partial charge in [0.25, 0.3) is 0 Å². The molecule has 2 N–H and O–H groups in total. The number of alkyl carbamates (subject to hydrolysis) is 1. The highest BCUT2D eigenvalue weighted by Crippen LogP contribution is 2.20. The maximum Gasteiger partial charge on any atom is 0.407 e. The molecule has 1 aliphatic heterocycles. The smallest absolute Gasteiger partial charge is 0.407 e. The van der Waals surface area contributed by atoms with Crippen LogP contribution in [0, 0.1) is 5.92 Å². The Hall–Kier alpha value is -1.59. The number of epoxide rings is 1. The lowest BCUT2D eigenvalue weighted by Crippen LogP contribution is -2.44. The fourth-order valence-electron chi connectivity index (χ4n) is 2.37. The molecule has 0 aliphatic carbocycles. The normalized spacial score (nSPS) is 19.5. The molecule has 1 amide bonds. The zero-order chi connectivity index (χ0) is 15.9. The Morgan fingerprint density at radius 2 is 2.09 bits per heavy atom. The zero-order valence-electron chi connectivity index (χ0n) is 13.2. The van der Waals surface area contributed by atoms with Gasteiger partial charge in [0.2, 0.25) is 0 Å². The van der Waals surface area contributed by atoms with E-state index in [0.717, 1.165) is 5.56 Å². The number of benzene rings is 1. The van der Waals surface area contributed by atoms with Gasteiger partial charge in [-0.15, -0.1) is 0 Å². The van der Waals surface area contributed by atoms with Gasteiger partial charge in [-0.3, -0.25) is 0 Å². The van der Waals surface area contributed by atoms with Gasteiger partial charge in [-0.05, 0) is 17.9 Å². The van der Waals surface area contributed by atoms with E-state index in [9.17, 15) is 9.90 Å². The molecule has 1 fully saturated rings. The lowest BCUT2D eigenvalue weighted by Gasteiger charge is -2.25. The van der Waals surface area contributed by atoms with Crippen LogP contribution in [0.5, 0.6) is 0 Å². The SMILES string of the molecule is CC(C)C[C@@H](NC(=O)OCc1ccccc1)[C@@H](O)CC1CO1. The van der Waals surface area contributed by atoms with Crippen LogP contribution in [0.1, 0.15) is 32.3 Å². The molecular weight excluding hydrogens is 282 g/mol. The third-order valence-corrected chi connectivity index (χ3v) is 3.61. The van der Waals surface area contributed by atoms with Crippen LogP contribution in [0.25, 0.3) is 0 Å². The third-order valence-electron chi connectivity index (χ3n) is 3.61. The minimum atomic E-state index is -0.612. The molecule has 122 valence electrons. The van der Waals surface area contributed by atoms with Gasteiger partial charge in [-0.1, -0.05) is 44.2 Å². The van der Waals surface area contributed by atoms with Crippen molar-refractivity contribution in [2.75, 3.05) is 6.61 Å². The average molecular weight is 307 g/mol. The summed E-state index contributed by atoms with van der Waals surface area (Å²) >= 11 is 0. The molecule has 0 aromatic heterocycles. The highest BCUT2D eigenvalue weighted by Gasteiger charge is 2.31. The highest BCUT2D eigenvalue weighted by atomic mass is 16.6. The number of rotatable bonds is 8. The molecule has 2 rings (SSSR count). The summed E-state index contributed by atoms with van der Waals surface area (Å²) in [6.45, 7) is 5.04. The Morgan fingerprint density at radius 3 is 2.68 bits per heavy atom. The van der Waals surface area contributed by atoms with E-state index in [1.54, 1.807) is 0 Å². The topological polar surface area (TPSA) is 71.1 Å². The van der Waals surface area contributed by atoms with Crippen LogP contribution in [0.2, 0.25) is 0 Å². The van der Waals surface area contributed by atoms with Crippen molar-refractivity contribution in [3.8, 4) is 0 Å². The van der Waals surface area contributed by atoms with Crippen LogP contribution in [0.3, 0.4) is 0 Å². The van der Waals surface area contributed by atoms with E-state index in [4.69, 9.17) is 9.47 Å². The average Bonchev–Trinajstić information content (AvgIpc) is 3.29. The first-order valence-corrected chi connectivity index (χ1v) is 7.81. The first kappa shape index (κ1) is 16.8. The number of aliphatic hydroxyl groups excluding tert-OH is 1. The van der Waals surface area contributed by atoms with Gasteiger partial charge in [0.1, 0.15) is 6.61 Å². The molecule has 5 heteroatoms. The van der Waals surface area contributed by atoms with E-state index in [2.05, 4.69) is 19.2 Å². The quantitative estimate of drug-likeness (QED) is 0.724. The van der Waals surface area contributed by atoms with Crippen molar-refractivity contribution in [2.45, 2.75) is 51.5 Å². The third kappa shape index (κ3) is 6.03. The first-order chi connectivity index (χ1) is 10.5. The summed E-state index contributed by atoms with van der Waals surface area (Å²) in [5, 5.41) is 13.0. The van der Waals surface area contributed by atoms with Gasteiger partial charge >= 0.3 is 6.09 Å². The summed E-state index contributed by atoms with van der Waals surface area (Å²) in [6, 6.07) is 9.21. The zero-order valence-corrected chi connectivity index (χ0v) is 13.2. The number of nitrogens with one attached hydrogen (secondary N) is 1. The van der Waals surface area contributed by atoms with Crippen LogP contribution in [0.4, 0.5) is 4.79 Å². The van der Waals surface area contributed by atoms with Crippen LogP contribution < -0.4 is 5.32 Å². The van der Waals surface area contributed by atoms with Crippen LogP contribution >= 0.6 is 0 Å². The van der Waals surface area contributed by atoms with Crippen LogP contribution in [0.15, 0.2) is 30.3 Å². The maximum absolute atomic E-state index is 11.9. The molecule has 1 saturated heterocycles. The number of carbonyl (C=O) groups is 1. The summed E-state index contributed by atoms with van der Waals surface area (Å²) in [7, 11) is 0. The molecule has 3 atom stereocenters. The van der Waals surface area contributed by atoms with Gasteiger partial charge < -0.3 is 19.9 Å². The number of hydrogen-bond acceptors (Lipinski definition) is 4. The summed E-state index contributed by atoms with van der Waals surface area (Å²) < 4.78 is 10.4. The molecule has 1 aromatic carbocycles. The van der Waals surface area contributed by atoms with E-state index in [1.807, 2.05) is 30.3 Å². The van der Waals surface area contributed by atoms with Gasteiger partial charge in [0.15, 0.2) is 0 Å². The predicted molar refractivity (Wildman–Crippen MR) is 83.4 cm³/mol. The molecular formula is C17H25NO4. The number of hydrogen-bond donors (Lipinski definition) is 2.